The Balaban J connectivity index is 1.48. The molecule has 3 rings (SSSR count). The summed E-state index contributed by atoms with van der Waals surface area (Å²) in [6.45, 7) is 4.11. The van der Waals surface area contributed by atoms with Crippen molar-refractivity contribution in [1.29, 1.82) is 0 Å². The van der Waals surface area contributed by atoms with Crippen LogP contribution < -0.4 is 10.3 Å². The molecule has 0 aromatic heterocycles. The van der Waals surface area contributed by atoms with Crippen LogP contribution in [0.3, 0.4) is 0 Å². The zero-order valence-electron chi connectivity index (χ0n) is 16.1. The Morgan fingerprint density at radius 1 is 1.21 bits per heavy atom. The molecule has 0 atom stereocenters. The number of carbonyl (C=O) groups excluding carboxylic acids is 1. The highest BCUT2D eigenvalue weighted by molar-refractivity contribution is 9.10. The van der Waals surface area contributed by atoms with Crippen molar-refractivity contribution in [1.82, 2.24) is 9.73 Å². The molecule has 9 heteroatoms. The van der Waals surface area contributed by atoms with E-state index in [1.54, 1.807) is 30.5 Å². The van der Waals surface area contributed by atoms with Crippen LogP contribution in [0, 0.1) is 6.92 Å². The van der Waals surface area contributed by atoms with Crippen LogP contribution in [0.1, 0.15) is 11.1 Å². The monoisotopic (exact) mass is 479 g/mol. The summed E-state index contributed by atoms with van der Waals surface area (Å²) in [6, 6.07) is 14.5. The van der Waals surface area contributed by atoms with Gasteiger partial charge in [0.1, 0.15) is 0 Å². The number of hydrazone groups is 1. The lowest BCUT2D eigenvalue weighted by atomic mass is 10.2. The van der Waals surface area contributed by atoms with E-state index in [1.807, 2.05) is 31.2 Å². The first-order valence-corrected chi connectivity index (χ1v) is 11.6. The van der Waals surface area contributed by atoms with Gasteiger partial charge in [-0.15, -0.1) is 0 Å². The second-order valence-corrected chi connectivity index (χ2v) is 9.85. The van der Waals surface area contributed by atoms with Crippen molar-refractivity contribution in [2.24, 2.45) is 5.10 Å². The summed E-state index contributed by atoms with van der Waals surface area (Å²) in [5.74, 6) is -0.193. The van der Waals surface area contributed by atoms with Crippen molar-refractivity contribution in [2.45, 2.75) is 11.8 Å². The first kappa shape index (κ1) is 21.6. The molecule has 0 radical (unpaired) electrons. The molecule has 29 heavy (non-hydrogen) atoms. The molecule has 1 heterocycles. The fourth-order valence-corrected chi connectivity index (χ4v) is 4.97. The number of amides is 1. The average Bonchev–Trinajstić information content (AvgIpc) is 2.69. The van der Waals surface area contributed by atoms with Gasteiger partial charge in [0.05, 0.1) is 37.3 Å². The predicted octanol–water partition coefficient (Wildman–Crippen LogP) is 0.797. The number of hydrogen-bond donors (Lipinski definition) is 2. The zero-order chi connectivity index (χ0) is 20.9. The summed E-state index contributed by atoms with van der Waals surface area (Å²) in [5.41, 5.74) is 4.43. The highest BCUT2D eigenvalue weighted by Gasteiger charge is 2.31. The molecule has 0 aliphatic carbocycles. The van der Waals surface area contributed by atoms with Gasteiger partial charge in [-0.05, 0) is 36.8 Å². The summed E-state index contributed by atoms with van der Waals surface area (Å²) >= 11 is 3.39. The number of piperazine rings is 1. The van der Waals surface area contributed by atoms with Crippen molar-refractivity contribution in [3.05, 3.63) is 64.1 Å². The van der Waals surface area contributed by atoms with Gasteiger partial charge in [0.2, 0.25) is 10.0 Å². The summed E-state index contributed by atoms with van der Waals surface area (Å²) in [5, 5.41) is 3.98. The Kier molecular flexibility index (Phi) is 7.18. The summed E-state index contributed by atoms with van der Waals surface area (Å²) < 4.78 is 27.9. The second-order valence-electron chi connectivity index (χ2n) is 6.99. The van der Waals surface area contributed by atoms with Crippen LogP contribution in [0.5, 0.6) is 0 Å². The third-order valence-corrected chi connectivity index (χ3v) is 7.16. The van der Waals surface area contributed by atoms with E-state index in [1.165, 1.54) is 4.31 Å². The number of nitrogens with zero attached hydrogens (tertiary/aromatic N) is 2. The minimum absolute atomic E-state index is 0.193. The molecular weight excluding hydrogens is 456 g/mol. The van der Waals surface area contributed by atoms with Crippen LogP contribution >= 0.6 is 15.9 Å². The number of sulfonamides is 1. The van der Waals surface area contributed by atoms with Gasteiger partial charge in [0.25, 0.3) is 5.91 Å². The quantitative estimate of drug-likeness (QED) is 0.474. The third-order valence-electron chi connectivity index (χ3n) is 4.75. The van der Waals surface area contributed by atoms with Gasteiger partial charge in [-0.2, -0.15) is 9.41 Å². The Bertz CT molecular complexity index is 985. The van der Waals surface area contributed by atoms with Crippen LogP contribution in [0.15, 0.2) is 63.0 Å². The smallest absolute Gasteiger partial charge is 0.295 e. The molecule has 2 N–H and O–H groups in total. The molecule has 2 aromatic rings. The van der Waals surface area contributed by atoms with Crippen molar-refractivity contribution in [2.75, 3.05) is 32.7 Å². The molecule has 1 fully saturated rings. The lowest BCUT2D eigenvalue weighted by Gasteiger charge is -2.31. The van der Waals surface area contributed by atoms with Crippen LogP contribution in [0.2, 0.25) is 0 Å². The molecule has 154 valence electrons. The normalized spacial score (nSPS) is 16.2. The van der Waals surface area contributed by atoms with E-state index in [2.05, 4.69) is 26.5 Å². The van der Waals surface area contributed by atoms with Crippen LogP contribution in [0.25, 0.3) is 0 Å². The molecule has 0 saturated carbocycles. The maximum Gasteiger partial charge on any atom is 0.295 e. The molecule has 1 amide bonds. The fraction of sp³-hybridized carbons (Fsp3) is 0.300. The van der Waals surface area contributed by atoms with E-state index < -0.39 is 10.0 Å². The Hall–Kier alpha value is -2.07. The highest BCUT2D eigenvalue weighted by Crippen LogP contribution is 2.16. The number of benzene rings is 2. The van der Waals surface area contributed by atoms with Crippen molar-refractivity contribution in [3.8, 4) is 0 Å². The number of rotatable bonds is 6. The molecule has 0 spiro atoms. The van der Waals surface area contributed by atoms with Crippen LogP contribution in [-0.4, -0.2) is 57.6 Å². The lowest BCUT2D eigenvalue weighted by molar-refractivity contribution is -0.895. The van der Waals surface area contributed by atoms with Gasteiger partial charge in [0, 0.05) is 4.47 Å². The number of aryl methyl sites for hydroxylation is 1. The van der Waals surface area contributed by atoms with Crippen LogP contribution in [0.4, 0.5) is 0 Å². The molecule has 1 saturated heterocycles. The summed E-state index contributed by atoms with van der Waals surface area (Å²) in [4.78, 5) is 13.5. The maximum absolute atomic E-state index is 12.7. The van der Waals surface area contributed by atoms with E-state index in [0.717, 1.165) is 20.5 Å². The largest absolute Gasteiger partial charge is 0.325 e. The Labute approximate surface area is 179 Å². The first-order valence-electron chi connectivity index (χ1n) is 9.32. The van der Waals surface area contributed by atoms with E-state index in [-0.39, 0.29) is 12.5 Å². The number of carbonyl (C=O) groups is 1. The van der Waals surface area contributed by atoms with Gasteiger partial charge in [-0.25, -0.2) is 13.8 Å². The molecular formula is C20H24BrN4O3S+. The van der Waals surface area contributed by atoms with E-state index in [9.17, 15) is 13.2 Å². The van der Waals surface area contributed by atoms with Gasteiger partial charge in [0.15, 0.2) is 6.54 Å². The van der Waals surface area contributed by atoms with E-state index in [0.29, 0.717) is 31.1 Å². The molecule has 1 aliphatic rings. The van der Waals surface area contributed by atoms with Gasteiger partial charge in [-0.1, -0.05) is 45.8 Å². The third kappa shape index (κ3) is 5.96. The SMILES string of the molecule is Cc1ccc(S(=O)(=O)N2CC[NH+](CC(=O)NN=Cc3cccc(Br)c3)CC2)cc1. The molecule has 2 aromatic carbocycles. The zero-order valence-corrected chi connectivity index (χ0v) is 18.5. The van der Waals surface area contributed by atoms with Gasteiger partial charge >= 0.3 is 0 Å². The summed E-state index contributed by atoms with van der Waals surface area (Å²) in [7, 11) is -3.49. The van der Waals surface area contributed by atoms with Crippen molar-refractivity contribution < 1.29 is 18.1 Å². The Morgan fingerprint density at radius 2 is 1.90 bits per heavy atom. The number of halogens is 1. The molecule has 0 bridgehead atoms. The molecule has 1 aliphatic heterocycles. The fourth-order valence-electron chi connectivity index (χ4n) is 3.11. The van der Waals surface area contributed by atoms with Crippen molar-refractivity contribution >= 4 is 38.1 Å². The van der Waals surface area contributed by atoms with Gasteiger partial charge in [-0.3, -0.25) is 4.79 Å². The minimum Gasteiger partial charge on any atom is -0.325 e. The van der Waals surface area contributed by atoms with E-state index in [4.69, 9.17) is 0 Å². The number of hydrogen-bond acceptors (Lipinski definition) is 4. The molecule has 7 nitrogen and oxygen atoms in total. The van der Waals surface area contributed by atoms with Crippen molar-refractivity contribution in [3.63, 3.8) is 0 Å². The predicted molar refractivity (Wildman–Crippen MR) is 115 cm³/mol. The Morgan fingerprint density at radius 3 is 2.55 bits per heavy atom. The average molecular weight is 480 g/mol. The van der Waals surface area contributed by atoms with E-state index >= 15 is 0 Å². The molecule has 0 unspecified atom stereocenters. The number of nitrogens with one attached hydrogen (secondary N) is 2. The van der Waals surface area contributed by atoms with Gasteiger partial charge < -0.3 is 4.90 Å². The lowest BCUT2D eigenvalue weighted by Crippen LogP contribution is -3.15. The maximum atomic E-state index is 12.7. The van der Waals surface area contributed by atoms with Crippen LogP contribution in [-0.2, 0) is 14.8 Å². The topological polar surface area (TPSA) is 83.3 Å². The number of quaternary nitrogens is 1. The standard InChI is InChI=1S/C20H23BrN4O3S/c1-16-5-7-19(8-6-16)29(27,28)25-11-9-24(10-12-25)15-20(26)23-22-14-17-3-2-4-18(21)13-17/h2-8,13-14H,9-12,15H2,1H3,(H,23,26)/p+1. The highest BCUT2D eigenvalue weighted by atomic mass is 79.9. The summed E-state index contributed by atoms with van der Waals surface area (Å²) in [6.07, 6.45) is 1.59. The second kappa shape index (κ2) is 9.62. The first-order chi connectivity index (χ1) is 13.8. The minimum atomic E-state index is -3.49.